The molecule has 0 spiro atoms. The van der Waals surface area contributed by atoms with Gasteiger partial charge in [0, 0.05) is 30.1 Å². The van der Waals surface area contributed by atoms with E-state index in [4.69, 9.17) is 15.5 Å². The van der Waals surface area contributed by atoms with Gasteiger partial charge in [-0.25, -0.2) is 4.98 Å². The van der Waals surface area contributed by atoms with Crippen LogP contribution in [0, 0.1) is 11.8 Å². The summed E-state index contributed by atoms with van der Waals surface area (Å²) in [5, 5.41) is 2.87. The topological polar surface area (TPSA) is 99.2 Å². The van der Waals surface area contributed by atoms with Crippen molar-refractivity contribution in [2.24, 2.45) is 17.6 Å². The van der Waals surface area contributed by atoms with Crippen molar-refractivity contribution in [2.75, 3.05) is 6.61 Å². The van der Waals surface area contributed by atoms with Crippen molar-refractivity contribution in [2.45, 2.75) is 38.8 Å². The number of nitrogens with one attached hydrogen (secondary N) is 1. The van der Waals surface area contributed by atoms with Crippen molar-refractivity contribution in [3.05, 3.63) is 47.0 Å². The summed E-state index contributed by atoms with van der Waals surface area (Å²) in [6, 6.07) is 10.1. The number of rotatable bonds is 5. The second-order valence-electron chi connectivity index (χ2n) is 8.86. The molecule has 2 aromatic carbocycles. The van der Waals surface area contributed by atoms with Crippen LogP contribution in [0.1, 0.15) is 40.7 Å². The summed E-state index contributed by atoms with van der Waals surface area (Å²) in [6.07, 6.45) is 3.64. The highest BCUT2D eigenvalue weighted by molar-refractivity contribution is 5.99. The van der Waals surface area contributed by atoms with E-state index in [2.05, 4.69) is 16.0 Å². The molecule has 3 aliphatic rings. The molecule has 1 aromatic heterocycles. The van der Waals surface area contributed by atoms with E-state index >= 15 is 0 Å². The summed E-state index contributed by atoms with van der Waals surface area (Å²) in [6.45, 7) is 2.01. The van der Waals surface area contributed by atoms with Gasteiger partial charge < -0.3 is 20.4 Å². The molecule has 0 saturated heterocycles. The Balaban J connectivity index is 1.46. The van der Waals surface area contributed by atoms with Gasteiger partial charge in [0.2, 0.25) is 5.91 Å². The Bertz CT molecular complexity index is 1240. The number of amides is 2. The maximum atomic E-state index is 12.2. The second kappa shape index (κ2) is 6.83. The minimum Gasteiger partial charge on any atom is -0.491 e. The molecule has 2 aliphatic heterocycles. The minimum absolute atomic E-state index is 0.0345. The zero-order chi connectivity index (χ0) is 21.1. The Kier molecular flexibility index (Phi) is 4.06. The average molecular weight is 416 g/mol. The fraction of sp³-hybridized carbons (Fsp3) is 0.375. The number of carbonyl (C=O) groups is 2. The first-order valence-electron chi connectivity index (χ1n) is 11.0. The van der Waals surface area contributed by atoms with Crippen molar-refractivity contribution in [1.82, 2.24) is 14.9 Å². The van der Waals surface area contributed by atoms with E-state index in [1.807, 2.05) is 24.3 Å². The zero-order valence-corrected chi connectivity index (χ0v) is 17.2. The summed E-state index contributed by atoms with van der Waals surface area (Å²) in [7, 11) is 0. The molecule has 0 unspecified atom stereocenters. The Morgan fingerprint density at radius 2 is 2.16 bits per heavy atom. The van der Waals surface area contributed by atoms with Gasteiger partial charge >= 0.3 is 0 Å². The SMILES string of the molecule is NC(=O)[C@@H](Cc1cc2c3c(c1)nc(-c1ccc4c(c1)C(=O)NC4)n3CCCO2)C1CC1. The quantitative estimate of drug-likeness (QED) is 0.668. The summed E-state index contributed by atoms with van der Waals surface area (Å²) in [5.41, 5.74) is 11.2. The molecule has 0 bridgehead atoms. The van der Waals surface area contributed by atoms with Crippen LogP contribution in [0.4, 0.5) is 0 Å². The lowest BCUT2D eigenvalue weighted by Crippen LogP contribution is -2.26. The van der Waals surface area contributed by atoms with Crippen molar-refractivity contribution < 1.29 is 14.3 Å². The van der Waals surface area contributed by atoms with Crippen LogP contribution in [0.25, 0.3) is 22.4 Å². The van der Waals surface area contributed by atoms with E-state index in [1.165, 1.54) is 0 Å². The Hall–Kier alpha value is -3.35. The molecule has 1 saturated carbocycles. The van der Waals surface area contributed by atoms with E-state index in [0.29, 0.717) is 25.5 Å². The molecule has 3 N–H and O–H groups in total. The number of fused-ring (bicyclic) bond motifs is 1. The number of primary amides is 1. The lowest BCUT2D eigenvalue weighted by molar-refractivity contribution is -0.122. The lowest BCUT2D eigenvalue weighted by Gasteiger charge is -2.13. The van der Waals surface area contributed by atoms with Gasteiger partial charge in [0.15, 0.2) is 0 Å². The largest absolute Gasteiger partial charge is 0.491 e. The molecule has 1 aliphatic carbocycles. The van der Waals surface area contributed by atoms with E-state index < -0.39 is 0 Å². The van der Waals surface area contributed by atoms with Crippen LogP contribution in [0.3, 0.4) is 0 Å². The highest BCUT2D eigenvalue weighted by Gasteiger charge is 2.35. The summed E-state index contributed by atoms with van der Waals surface area (Å²) < 4.78 is 8.28. The van der Waals surface area contributed by atoms with Crippen LogP contribution in [-0.2, 0) is 24.3 Å². The molecule has 3 aromatic rings. The predicted octanol–water partition coefficient (Wildman–Crippen LogP) is 2.78. The maximum Gasteiger partial charge on any atom is 0.251 e. The molecule has 1 atom stereocenters. The summed E-state index contributed by atoms with van der Waals surface area (Å²) in [4.78, 5) is 29.1. The number of nitrogens with zero attached hydrogens (tertiary/aromatic N) is 2. The van der Waals surface area contributed by atoms with E-state index in [1.54, 1.807) is 0 Å². The molecule has 158 valence electrons. The normalized spacial score (nSPS) is 18.3. The number of aryl methyl sites for hydroxylation is 1. The molecule has 6 rings (SSSR count). The Labute approximate surface area is 179 Å². The van der Waals surface area contributed by atoms with Gasteiger partial charge in [-0.15, -0.1) is 0 Å². The second-order valence-corrected chi connectivity index (χ2v) is 8.86. The van der Waals surface area contributed by atoms with Gasteiger partial charge in [-0.05, 0) is 60.9 Å². The van der Waals surface area contributed by atoms with Gasteiger partial charge in [-0.3, -0.25) is 9.59 Å². The molecular formula is C24H24N4O3. The molecule has 7 heteroatoms. The van der Waals surface area contributed by atoms with Gasteiger partial charge in [-0.2, -0.15) is 0 Å². The fourth-order valence-electron chi connectivity index (χ4n) is 4.96. The fourth-order valence-corrected chi connectivity index (χ4v) is 4.96. The summed E-state index contributed by atoms with van der Waals surface area (Å²) >= 11 is 0. The molecule has 7 nitrogen and oxygen atoms in total. The molecule has 3 heterocycles. The first kappa shape index (κ1) is 18.4. The van der Waals surface area contributed by atoms with Gasteiger partial charge in [-0.1, -0.05) is 12.1 Å². The summed E-state index contributed by atoms with van der Waals surface area (Å²) in [5.74, 6) is 1.66. The van der Waals surface area contributed by atoms with Gasteiger partial charge in [0.1, 0.15) is 17.1 Å². The first-order valence-corrected chi connectivity index (χ1v) is 11.0. The number of ether oxygens (including phenoxy) is 1. The minimum atomic E-state index is -0.225. The van der Waals surface area contributed by atoms with E-state index in [-0.39, 0.29) is 17.7 Å². The van der Waals surface area contributed by atoms with Gasteiger partial charge in [0.25, 0.3) is 5.91 Å². The van der Waals surface area contributed by atoms with Crippen LogP contribution in [0.2, 0.25) is 0 Å². The first-order chi connectivity index (χ1) is 15.1. The highest BCUT2D eigenvalue weighted by atomic mass is 16.5. The number of imidazole rings is 1. The van der Waals surface area contributed by atoms with Crippen molar-refractivity contribution in [3.8, 4) is 17.1 Å². The number of nitrogens with two attached hydrogens (primary N) is 1. The predicted molar refractivity (Wildman–Crippen MR) is 116 cm³/mol. The number of aromatic nitrogens is 2. The standard InChI is InChI=1S/C24H24N4O3/c25-22(29)17(14-2-3-14)8-13-9-19-21-20(10-13)31-7-1-6-28(21)23(27-19)15-4-5-16-12-26-24(30)18(16)11-15/h4-5,9-11,14,17H,1-3,6-8,12H2,(H2,25,29)(H,26,30)/t17-/m0/s1. The van der Waals surface area contributed by atoms with E-state index in [9.17, 15) is 9.59 Å². The Morgan fingerprint density at radius 3 is 2.97 bits per heavy atom. The van der Waals surface area contributed by atoms with Crippen molar-refractivity contribution in [1.29, 1.82) is 0 Å². The number of benzene rings is 2. The van der Waals surface area contributed by atoms with Crippen LogP contribution < -0.4 is 15.8 Å². The van der Waals surface area contributed by atoms with Gasteiger partial charge in [0.05, 0.1) is 12.1 Å². The lowest BCUT2D eigenvalue weighted by atomic mass is 9.94. The van der Waals surface area contributed by atoms with Crippen molar-refractivity contribution >= 4 is 22.8 Å². The molecular weight excluding hydrogens is 392 g/mol. The zero-order valence-electron chi connectivity index (χ0n) is 17.2. The van der Waals surface area contributed by atoms with Crippen molar-refractivity contribution in [3.63, 3.8) is 0 Å². The van der Waals surface area contributed by atoms with Crippen LogP contribution in [0.5, 0.6) is 5.75 Å². The third-order valence-electron chi connectivity index (χ3n) is 6.71. The smallest absolute Gasteiger partial charge is 0.251 e. The third-order valence-corrected chi connectivity index (χ3v) is 6.71. The molecule has 31 heavy (non-hydrogen) atoms. The monoisotopic (exact) mass is 416 g/mol. The third kappa shape index (κ3) is 3.07. The van der Waals surface area contributed by atoms with Crippen LogP contribution >= 0.6 is 0 Å². The molecule has 2 amide bonds. The maximum absolute atomic E-state index is 12.2. The molecule has 0 radical (unpaired) electrons. The van der Waals surface area contributed by atoms with E-state index in [0.717, 1.165) is 70.7 Å². The van der Waals surface area contributed by atoms with Crippen LogP contribution in [0.15, 0.2) is 30.3 Å². The number of hydrogen-bond acceptors (Lipinski definition) is 4. The number of hydrogen-bond donors (Lipinski definition) is 2. The molecule has 1 fully saturated rings. The number of carbonyl (C=O) groups excluding carboxylic acids is 2. The van der Waals surface area contributed by atoms with Crippen LogP contribution in [-0.4, -0.2) is 28.0 Å². The highest BCUT2D eigenvalue weighted by Crippen LogP contribution is 2.40. The Morgan fingerprint density at radius 1 is 1.29 bits per heavy atom. The average Bonchev–Trinajstić information content (AvgIpc) is 3.48.